The molecule has 0 aliphatic rings. The van der Waals surface area contributed by atoms with Crippen molar-refractivity contribution in [2.75, 3.05) is 4.90 Å². The van der Waals surface area contributed by atoms with Crippen molar-refractivity contribution in [3.05, 3.63) is 75.5 Å². The quantitative estimate of drug-likeness (QED) is 0.537. The molecule has 0 aliphatic heterocycles. The smallest absolute Gasteiger partial charge is 0.341 e. The number of halogens is 1. The van der Waals surface area contributed by atoms with Gasteiger partial charge in [-0.3, -0.25) is 9.69 Å². The van der Waals surface area contributed by atoms with Crippen LogP contribution in [0.5, 0.6) is 0 Å². The van der Waals surface area contributed by atoms with E-state index in [1.807, 2.05) is 32.9 Å². The summed E-state index contributed by atoms with van der Waals surface area (Å²) in [6, 6.07) is 9.67. The summed E-state index contributed by atoms with van der Waals surface area (Å²) in [6.07, 6.45) is 0. The van der Waals surface area contributed by atoms with E-state index >= 15 is 0 Å². The predicted molar refractivity (Wildman–Crippen MR) is 111 cm³/mol. The number of anilines is 2. The Balaban J connectivity index is 1.81. The van der Waals surface area contributed by atoms with Crippen LogP contribution in [0.3, 0.4) is 0 Å². The van der Waals surface area contributed by atoms with Gasteiger partial charge in [0.2, 0.25) is 5.91 Å². The second-order valence-corrected chi connectivity index (χ2v) is 7.62. The minimum atomic E-state index is -0.758. The Bertz CT molecular complexity index is 1050. The Morgan fingerprint density at radius 2 is 1.79 bits per heavy atom. The lowest BCUT2D eigenvalue weighted by atomic mass is 10.0. The van der Waals surface area contributed by atoms with E-state index < -0.39 is 11.8 Å². The molecule has 0 spiro atoms. The van der Waals surface area contributed by atoms with Crippen LogP contribution >= 0.6 is 11.3 Å². The van der Waals surface area contributed by atoms with Gasteiger partial charge in [-0.1, -0.05) is 29.8 Å². The van der Waals surface area contributed by atoms with E-state index in [-0.39, 0.29) is 18.1 Å². The highest BCUT2D eigenvalue weighted by Crippen LogP contribution is 2.34. The van der Waals surface area contributed by atoms with E-state index in [9.17, 15) is 14.0 Å². The first kappa shape index (κ1) is 20.7. The van der Waals surface area contributed by atoms with Crippen LogP contribution in [0.4, 0.5) is 15.2 Å². The summed E-state index contributed by atoms with van der Waals surface area (Å²) < 4.78 is 18.9. The number of rotatable bonds is 5. The Morgan fingerprint density at radius 1 is 1.14 bits per heavy atom. The molecule has 0 aliphatic carbocycles. The first-order chi connectivity index (χ1) is 13.8. The number of ether oxygens (including phenoxy) is 1. The molecule has 0 bridgehead atoms. The summed E-state index contributed by atoms with van der Waals surface area (Å²) in [6.45, 7) is 7.29. The molecule has 0 radical (unpaired) electrons. The van der Waals surface area contributed by atoms with E-state index in [1.165, 1.54) is 36.5 Å². The third-order valence-corrected chi connectivity index (χ3v) is 5.22. The van der Waals surface area contributed by atoms with Crippen LogP contribution in [-0.2, 0) is 16.1 Å². The number of hydrogen-bond donors (Lipinski definition) is 0. The van der Waals surface area contributed by atoms with Crippen LogP contribution in [0.25, 0.3) is 0 Å². The average Bonchev–Trinajstić information content (AvgIpc) is 3.11. The van der Waals surface area contributed by atoms with Gasteiger partial charge in [-0.05, 0) is 44.0 Å². The third kappa shape index (κ3) is 4.51. The third-order valence-electron chi connectivity index (χ3n) is 4.35. The van der Waals surface area contributed by atoms with Crippen LogP contribution in [0.2, 0.25) is 0 Å². The SMILES string of the molecule is CC(=O)N(c1nc(COC(=O)c2ccccc2F)cs1)c1c(C)cc(C)cc1C. The Labute approximate surface area is 172 Å². The summed E-state index contributed by atoms with van der Waals surface area (Å²) >= 11 is 1.28. The van der Waals surface area contributed by atoms with Crippen molar-refractivity contribution in [2.45, 2.75) is 34.3 Å². The molecule has 1 aromatic heterocycles. The minimum absolute atomic E-state index is 0.110. The number of thiazole rings is 1. The van der Waals surface area contributed by atoms with Crippen LogP contribution < -0.4 is 4.90 Å². The lowest BCUT2D eigenvalue weighted by molar-refractivity contribution is -0.115. The zero-order chi connectivity index (χ0) is 21.1. The summed E-state index contributed by atoms with van der Waals surface area (Å²) in [5, 5.41) is 2.21. The van der Waals surface area contributed by atoms with Gasteiger partial charge in [-0.2, -0.15) is 0 Å². The Morgan fingerprint density at radius 3 is 2.41 bits per heavy atom. The normalized spacial score (nSPS) is 10.7. The van der Waals surface area contributed by atoms with E-state index in [4.69, 9.17) is 4.74 Å². The van der Waals surface area contributed by atoms with E-state index in [1.54, 1.807) is 16.3 Å². The number of aromatic nitrogens is 1. The first-order valence-electron chi connectivity index (χ1n) is 9.02. The van der Waals surface area contributed by atoms with Gasteiger partial charge in [0.15, 0.2) is 5.13 Å². The maximum absolute atomic E-state index is 13.7. The number of amides is 1. The number of carbonyl (C=O) groups is 2. The van der Waals surface area contributed by atoms with Crippen LogP contribution in [-0.4, -0.2) is 16.9 Å². The number of carbonyl (C=O) groups excluding carboxylic acids is 2. The lowest BCUT2D eigenvalue weighted by Crippen LogP contribution is -2.24. The molecule has 2 aromatic carbocycles. The summed E-state index contributed by atoms with van der Waals surface area (Å²) in [7, 11) is 0. The zero-order valence-corrected chi connectivity index (χ0v) is 17.5. The molecule has 0 fully saturated rings. The number of nitrogens with zero attached hydrogens (tertiary/aromatic N) is 2. The monoisotopic (exact) mass is 412 g/mol. The second-order valence-electron chi connectivity index (χ2n) is 6.78. The van der Waals surface area contributed by atoms with Crippen molar-refractivity contribution in [1.29, 1.82) is 0 Å². The van der Waals surface area contributed by atoms with Gasteiger partial charge >= 0.3 is 5.97 Å². The molecular formula is C22H21FN2O3S. The summed E-state index contributed by atoms with van der Waals surface area (Å²) in [4.78, 5) is 30.5. The molecule has 0 unspecified atom stereocenters. The van der Waals surface area contributed by atoms with Crippen LogP contribution in [0, 0.1) is 26.6 Å². The second kappa shape index (κ2) is 8.53. The first-order valence-corrected chi connectivity index (χ1v) is 9.90. The molecule has 5 nitrogen and oxygen atoms in total. The zero-order valence-electron chi connectivity index (χ0n) is 16.7. The van der Waals surface area contributed by atoms with Gasteiger partial charge < -0.3 is 4.74 Å². The van der Waals surface area contributed by atoms with Crippen molar-refractivity contribution in [3.8, 4) is 0 Å². The van der Waals surface area contributed by atoms with Crippen LogP contribution in [0.15, 0.2) is 41.8 Å². The number of hydrogen-bond acceptors (Lipinski definition) is 5. The highest BCUT2D eigenvalue weighted by atomic mass is 32.1. The molecule has 0 saturated carbocycles. The number of aryl methyl sites for hydroxylation is 3. The topological polar surface area (TPSA) is 59.5 Å². The lowest BCUT2D eigenvalue weighted by Gasteiger charge is -2.23. The fraction of sp³-hybridized carbons (Fsp3) is 0.227. The van der Waals surface area contributed by atoms with Crippen LogP contribution in [0.1, 0.15) is 39.7 Å². The minimum Gasteiger partial charge on any atom is -0.455 e. The molecular weight excluding hydrogens is 391 g/mol. The van der Waals surface area contributed by atoms with E-state index in [0.29, 0.717) is 10.8 Å². The summed E-state index contributed by atoms with van der Waals surface area (Å²) in [5.41, 5.74) is 4.22. The molecule has 3 aromatic rings. The maximum atomic E-state index is 13.7. The number of benzene rings is 2. The molecule has 1 amide bonds. The predicted octanol–water partition coefficient (Wildman–Crippen LogP) is 5.25. The Hall–Kier alpha value is -3.06. The van der Waals surface area contributed by atoms with Crippen molar-refractivity contribution in [3.63, 3.8) is 0 Å². The van der Waals surface area contributed by atoms with Crippen molar-refractivity contribution < 1.29 is 18.7 Å². The molecule has 150 valence electrons. The van der Waals surface area contributed by atoms with Gasteiger partial charge in [0, 0.05) is 12.3 Å². The standard InChI is InChI=1S/C22H21FN2O3S/c1-13-9-14(2)20(15(3)10-13)25(16(4)26)22-24-17(12-29-22)11-28-21(27)18-7-5-6-8-19(18)23/h5-10,12H,11H2,1-4H3. The highest BCUT2D eigenvalue weighted by molar-refractivity contribution is 7.14. The molecule has 0 saturated heterocycles. The molecule has 29 heavy (non-hydrogen) atoms. The largest absolute Gasteiger partial charge is 0.455 e. The fourth-order valence-corrected chi connectivity index (χ4v) is 4.08. The molecule has 3 rings (SSSR count). The van der Waals surface area contributed by atoms with Gasteiger partial charge in [-0.15, -0.1) is 11.3 Å². The highest BCUT2D eigenvalue weighted by Gasteiger charge is 2.22. The van der Waals surface area contributed by atoms with Crippen molar-refractivity contribution in [2.24, 2.45) is 0 Å². The summed E-state index contributed by atoms with van der Waals surface area (Å²) in [5.74, 6) is -1.56. The van der Waals surface area contributed by atoms with E-state index in [2.05, 4.69) is 4.98 Å². The van der Waals surface area contributed by atoms with Crippen molar-refractivity contribution in [1.82, 2.24) is 4.98 Å². The molecule has 7 heteroatoms. The van der Waals surface area contributed by atoms with E-state index in [0.717, 1.165) is 22.4 Å². The van der Waals surface area contributed by atoms with Gasteiger partial charge in [0.25, 0.3) is 0 Å². The van der Waals surface area contributed by atoms with Gasteiger partial charge in [0.1, 0.15) is 12.4 Å². The number of esters is 1. The molecule has 1 heterocycles. The fourth-order valence-electron chi connectivity index (χ4n) is 3.22. The Kier molecular flexibility index (Phi) is 6.08. The average molecular weight is 412 g/mol. The molecule has 0 atom stereocenters. The maximum Gasteiger partial charge on any atom is 0.341 e. The van der Waals surface area contributed by atoms with Gasteiger partial charge in [0.05, 0.1) is 16.9 Å². The van der Waals surface area contributed by atoms with Crippen molar-refractivity contribution >= 4 is 34.0 Å². The van der Waals surface area contributed by atoms with Gasteiger partial charge in [-0.25, -0.2) is 14.2 Å². The molecule has 0 N–H and O–H groups in total.